The van der Waals surface area contributed by atoms with Crippen LogP contribution in [0.5, 0.6) is 0 Å². The quantitative estimate of drug-likeness (QED) is 0.702. The van der Waals surface area contributed by atoms with Gasteiger partial charge in [0.05, 0.1) is 5.70 Å². The van der Waals surface area contributed by atoms with E-state index in [2.05, 4.69) is 19.1 Å². The molecule has 0 bridgehead atoms. The Bertz CT molecular complexity index is 457. The van der Waals surface area contributed by atoms with E-state index in [0.29, 0.717) is 6.54 Å². The third kappa shape index (κ3) is 2.06. The van der Waals surface area contributed by atoms with Crippen molar-refractivity contribution in [3.8, 4) is 0 Å². The Kier molecular flexibility index (Phi) is 2.91. The Balaban J connectivity index is 2.42. The fraction of sp³-hybridized carbons (Fsp3) is 0.214. The first-order chi connectivity index (χ1) is 7.68. The van der Waals surface area contributed by atoms with Crippen molar-refractivity contribution in [2.75, 3.05) is 6.54 Å². The molecule has 0 spiro atoms. The lowest BCUT2D eigenvalue weighted by Gasteiger charge is -2.26. The summed E-state index contributed by atoms with van der Waals surface area (Å²) in [5.74, 6) is 0.0823. The molecule has 1 aromatic carbocycles. The first-order valence-corrected chi connectivity index (χ1v) is 5.40. The van der Waals surface area contributed by atoms with Gasteiger partial charge in [0.25, 0.3) is 0 Å². The van der Waals surface area contributed by atoms with Crippen LogP contribution >= 0.6 is 0 Å². The molecule has 0 saturated heterocycles. The summed E-state index contributed by atoms with van der Waals surface area (Å²) >= 11 is 0. The van der Waals surface area contributed by atoms with Gasteiger partial charge < -0.3 is 4.90 Å². The maximum Gasteiger partial charge on any atom is 0.224 e. The lowest BCUT2D eigenvalue weighted by molar-refractivity contribution is -0.125. The molecule has 82 valence electrons. The molecule has 1 aliphatic rings. The number of benzene rings is 1. The molecule has 1 heterocycles. The molecule has 0 unspecified atom stereocenters. The predicted octanol–water partition coefficient (Wildman–Crippen LogP) is 2.84. The highest BCUT2D eigenvalue weighted by Gasteiger charge is 2.17. The molecule has 0 saturated carbocycles. The average Bonchev–Trinajstić information content (AvgIpc) is 2.29. The van der Waals surface area contributed by atoms with E-state index >= 15 is 0 Å². The number of rotatable bonds is 1. The zero-order valence-electron chi connectivity index (χ0n) is 9.60. The molecule has 0 fully saturated rings. The van der Waals surface area contributed by atoms with Gasteiger partial charge in [-0.25, -0.2) is 0 Å². The van der Waals surface area contributed by atoms with Gasteiger partial charge in [-0.15, -0.1) is 0 Å². The predicted molar refractivity (Wildman–Crippen MR) is 65.6 cm³/mol. The summed E-state index contributed by atoms with van der Waals surface area (Å²) < 4.78 is 0. The van der Waals surface area contributed by atoms with Gasteiger partial charge in [0.2, 0.25) is 5.91 Å². The third-order valence-electron chi connectivity index (χ3n) is 2.70. The fourth-order valence-corrected chi connectivity index (χ4v) is 1.83. The molecule has 1 amide bonds. The monoisotopic (exact) mass is 213 g/mol. The van der Waals surface area contributed by atoms with Crippen LogP contribution in [0.2, 0.25) is 0 Å². The molecule has 1 aromatic rings. The van der Waals surface area contributed by atoms with Crippen molar-refractivity contribution in [3.63, 3.8) is 0 Å². The first kappa shape index (κ1) is 10.7. The number of carbonyl (C=O) groups excluding carboxylic acids is 1. The Morgan fingerprint density at radius 2 is 1.94 bits per heavy atom. The molecular formula is C14H15NO. The van der Waals surface area contributed by atoms with Gasteiger partial charge >= 0.3 is 0 Å². The maximum absolute atomic E-state index is 11.5. The summed E-state index contributed by atoms with van der Waals surface area (Å²) in [5, 5.41) is 0. The van der Waals surface area contributed by atoms with Crippen molar-refractivity contribution in [1.29, 1.82) is 0 Å². The fourth-order valence-electron chi connectivity index (χ4n) is 1.83. The molecule has 2 nitrogen and oxygen atoms in total. The van der Waals surface area contributed by atoms with Crippen LogP contribution < -0.4 is 0 Å². The van der Waals surface area contributed by atoms with Gasteiger partial charge in [0, 0.05) is 13.5 Å². The van der Waals surface area contributed by atoms with Gasteiger partial charge in [-0.2, -0.15) is 0 Å². The lowest BCUT2D eigenvalue weighted by Crippen LogP contribution is -2.29. The van der Waals surface area contributed by atoms with E-state index in [-0.39, 0.29) is 5.91 Å². The molecule has 1 aliphatic heterocycles. The van der Waals surface area contributed by atoms with Crippen LogP contribution in [-0.4, -0.2) is 17.4 Å². The normalized spacial score (nSPS) is 15.5. The van der Waals surface area contributed by atoms with E-state index in [1.807, 2.05) is 30.3 Å². The van der Waals surface area contributed by atoms with E-state index in [1.165, 1.54) is 5.57 Å². The molecule has 2 rings (SSSR count). The SMILES string of the molecule is CC(=O)N1CC=C(C)C=C1c1ccccc1. The topological polar surface area (TPSA) is 20.3 Å². The second-order valence-electron chi connectivity index (χ2n) is 3.97. The number of amides is 1. The van der Waals surface area contributed by atoms with Crippen LogP contribution in [0.25, 0.3) is 5.70 Å². The Morgan fingerprint density at radius 1 is 1.25 bits per heavy atom. The minimum absolute atomic E-state index is 0.0823. The third-order valence-corrected chi connectivity index (χ3v) is 2.70. The number of hydrogen-bond acceptors (Lipinski definition) is 1. The highest BCUT2D eigenvalue weighted by molar-refractivity contribution is 5.86. The minimum atomic E-state index is 0.0823. The van der Waals surface area contributed by atoms with Gasteiger partial charge in [0.1, 0.15) is 0 Å². The van der Waals surface area contributed by atoms with Crippen molar-refractivity contribution < 1.29 is 4.79 Å². The second kappa shape index (κ2) is 4.35. The van der Waals surface area contributed by atoms with Gasteiger partial charge in [-0.1, -0.05) is 42.0 Å². The highest BCUT2D eigenvalue weighted by atomic mass is 16.2. The number of hydrogen-bond donors (Lipinski definition) is 0. The van der Waals surface area contributed by atoms with Crippen molar-refractivity contribution in [2.24, 2.45) is 0 Å². The molecule has 2 heteroatoms. The van der Waals surface area contributed by atoms with Crippen LogP contribution in [0.4, 0.5) is 0 Å². The smallest absolute Gasteiger partial charge is 0.224 e. The molecule has 0 radical (unpaired) electrons. The van der Waals surface area contributed by atoms with E-state index in [4.69, 9.17) is 0 Å². The van der Waals surface area contributed by atoms with E-state index < -0.39 is 0 Å². The summed E-state index contributed by atoms with van der Waals surface area (Å²) in [6.45, 7) is 4.33. The molecule has 0 aromatic heterocycles. The van der Waals surface area contributed by atoms with Gasteiger partial charge in [-0.3, -0.25) is 4.79 Å². The zero-order chi connectivity index (χ0) is 11.5. The first-order valence-electron chi connectivity index (χ1n) is 5.40. The van der Waals surface area contributed by atoms with Crippen LogP contribution in [0, 0.1) is 0 Å². The summed E-state index contributed by atoms with van der Waals surface area (Å²) in [6.07, 6.45) is 4.12. The lowest BCUT2D eigenvalue weighted by atomic mass is 10.0. The molecular weight excluding hydrogens is 198 g/mol. The standard InChI is InChI=1S/C14H15NO/c1-11-8-9-15(12(2)16)14(10-11)13-6-4-3-5-7-13/h3-8,10H,9H2,1-2H3. The molecule has 0 N–H and O–H groups in total. The molecule has 0 aliphatic carbocycles. The number of allylic oxidation sites excluding steroid dienone is 2. The van der Waals surface area contributed by atoms with Crippen molar-refractivity contribution >= 4 is 11.6 Å². The average molecular weight is 213 g/mol. The Hall–Kier alpha value is -1.83. The summed E-state index contributed by atoms with van der Waals surface area (Å²) in [6, 6.07) is 10.0. The van der Waals surface area contributed by atoms with Gasteiger partial charge in [-0.05, 0) is 18.6 Å². The van der Waals surface area contributed by atoms with E-state index in [9.17, 15) is 4.79 Å². The zero-order valence-corrected chi connectivity index (χ0v) is 9.60. The Morgan fingerprint density at radius 3 is 2.56 bits per heavy atom. The summed E-state index contributed by atoms with van der Waals surface area (Å²) in [4.78, 5) is 13.3. The minimum Gasteiger partial charge on any atom is -0.308 e. The van der Waals surface area contributed by atoms with Crippen LogP contribution in [0.15, 0.2) is 48.1 Å². The van der Waals surface area contributed by atoms with Crippen molar-refractivity contribution in [3.05, 3.63) is 53.6 Å². The molecule has 0 atom stereocenters. The largest absolute Gasteiger partial charge is 0.308 e. The number of carbonyl (C=O) groups is 1. The van der Waals surface area contributed by atoms with E-state index in [0.717, 1.165) is 11.3 Å². The number of nitrogens with zero attached hydrogens (tertiary/aromatic N) is 1. The van der Waals surface area contributed by atoms with Crippen molar-refractivity contribution in [2.45, 2.75) is 13.8 Å². The maximum atomic E-state index is 11.5. The van der Waals surface area contributed by atoms with E-state index in [1.54, 1.807) is 11.8 Å². The van der Waals surface area contributed by atoms with Gasteiger partial charge in [0.15, 0.2) is 0 Å². The Labute approximate surface area is 95.9 Å². The molecule has 16 heavy (non-hydrogen) atoms. The van der Waals surface area contributed by atoms with Crippen LogP contribution in [0.3, 0.4) is 0 Å². The van der Waals surface area contributed by atoms with Crippen molar-refractivity contribution in [1.82, 2.24) is 4.90 Å². The van der Waals surface area contributed by atoms with Crippen LogP contribution in [0.1, 0.15) is 19.4 Å². The summed E-state index contributed by atoms with van der Waals surface area (Å²) in [7, 11) is 0. The highest BCUT2D eigenvalue weighted by Crippen LogP contribution is 2.24. The second-order valence-corrected chi connectivity index (χ2v) is 3.97. The summed E-state index contributed by atoms with van der Waals surface area (Å²) in [5.41, 5.74) is 3.29. The van der Waals surface area contributed by atoms with Crippen LogP contribution in [-0.2, 0) is 4.79 Å².